The predicted octanol–water partition coefficient (Wildman–Crippen LogP) is 5.56. The summed E-state index contributed by atoms with van der Waals surface area (Å²) in [4.78, 5) is 17.6. The molecule has 1 aliphatic carbocycles. The molecule has 5 rings (SSSR count). The molecule has 2 aliphatic rings. The fourth-order valence-electron chi connectivity index (χ4n) is 5.71. The Morgan fingerprint density at radius 3 is 2.05 bits per heavy atom. The molecule has 1 amide bonds. The minimum absolute atomic E-state index is 0.152. The van der Waals surface area contributed by atoms with E-state index in [-0.39, 0.29) is 23.6 Å². The highest BCUT2D eigenvalue weighted by Gasteiger charge is 2.26. The molecule has 1 N–H and O–H groups in total. The predicted molar refractivity (Wildman–Crippen MR) is 151 cm³/mol. The van der Waals surface area contributed by atoms with Crippen LogP contribution in [0.25, 0.3) is 0 Å². The number of benzene rings is 3. The summed E-state index contributed by atoms with van der Waals surface area (Å²) in [6.45, 7) is 5.20. The van der Waals surface area contributed by atoms with Crippen LogP contribution in [0.3, 0.4) is 0 Å². The molecule has 1 saturated heterocycles. The van der Waals surface area contributed by atoms with Gasteiger partial charge in [0.25, 0.3) is 5.91 Å². The number of hydrogen-bond donors (Lipinski definition) is 1. The van der Waals surface area contributed by atoms with Crippen LogP contribution in [0.15, 0.2) is 90.6 Å². The number of hydrogen-bond acceptors (Lipinski definition) is 4. The summed E-state index contributed by atoms with van der Waals surface area (Å²) in [6, 6.07) is 29.9. The van der Waals surface area contributed by atoms with Gasteiger partial charge in [-0.15, -0.1) is 0 Å². The van der Waals surface area contributed by atoms with Crippen molar-refractivity contribution in [2.24, 2.45) is 0 Å². The molecule has 1 atom stereocenters. The van der Waals surface area contributed by atoms with E-state index in [0.717, 1.165) is 44.6 Å². The number of amides is 1. The average molecular weight is 505 g/mol. The lowest BCUT2D eigenvalue weighted by molar-refractivity contribution is -0.117. The maximum absolute atomic E-state index is 13.0. The number of fused-ring (bicyclic) bond motifs is 1. The Balaban J connectivity index is 1.23. The van der Waals surface area contributed by atoms with E-state index in [9.17, 15) is 10.1 Å². The molecule has 3 aromatic carbocycles. The van der Waals surface area contributed by atoms with Gasteiger partial charge in [0.05, 0.1) is 12.1 Å². The highest BCUT2D eigenvalue weighted by atomic mass is 16.1. The second-order valence-corrected chi connectivity index (χ2v) is 10.4. The van der Waals surface area contributed by atoms with Gasteiger partial charge < -0.3 is 10.2 Å². The van der Waals surface area contributed by atoms with Gasteiger partial charge >= 0.3 is 0 Å². The quantitative estimate of drug-likeness (QED) is 0.338. The summed E-state index contributed by atoms with van der Waals surface area (Å²) in [5, 5.41) is 12.8. The zero-order valence-electron chi connectivity index (χ0n) is 22.1. The van der Waals surface area contributed by atoms with Crippen LogP contribution in [0.1, 0.15) is 59.7 Å². The highest BCUT2D eigenvalue weighted by molar-refractivity contribution is 5.97. The lowest BCUT2D eigenvalue weighted by atomic mass is 9.89. The van der Waals surface area contributed by atoms with E-state index in [1.807, 2.05) is 6.92 Å². The standard InChI is InChI=1S/C33H36N4O/c1-25(29-17-16-26-10-8-9-15-30(26)22-29)35-33(38)31(23-34)24-36-18-20-37(21-19-36)32(27-11-4-2-5-12-27)28-13-6-3-7-14-28/h2-7,11-14,16-17,22,24-25,32H,8-10,15,18-21H2,1H3,(H,35,38)/b31-24-. The molecule has 38 heavy (non-hydrogen) atoms. The van der Waals surface area contributed by atoms with Gasteiger partial charge in [-0.05, 0) is 60.4 Å². The Hall–Kier alpha value is -3.88. The van der Waals surface area contributed by atoms with Gasteiger partial charge in [0.1, 0.15) is 11.6 Å². The van der Waals surface area contributed by atoms with Crippen LogP contribution >= 0.6 is 0 Å². The molecular formula is C33H36N4O. The van der Waals surface area contributed by atoms with Crippen molar-refractivity contribution >= 4 is 5.91 Å². The van der Waals surface area contributed by atoms with Crippen molar-refractivity contribution in [2.75, 3.05) is 26.2 Å². The topological polar surface area (TPSA) is 59.4 Å². The minimum atomic E-state index is -0.313. The van der Waals surface area contributed by atoms with Crippen molar-refractivity contribution in [3.8, 4) is 6.07 Å². The Bertz CT molecular complexity index is 1260. The lowest BCUT2D eigenvalue weighted by Gasteiger charge is -2.39. The summed E-state index contributed by atoms with van der Waals surface area (Å²) in [6.07, 6.45) is 6.47. The molecule has 5 nitrogen and oxygen atoms in total. The molecule has 1 heterocycles. The van der Waals surface area contributed by atoms with E-state index in [4.69, 9.17) is 0 Å². The Morgan fingerprint density at radius 2 is 1.45 bits per heavy atom. The first-order valence-corrected chi connectivity index (χ1v) is 13.7. The molecule has 0 radical (unpaired) electrons. The SMILES string of the molecule is CC(NC(=O)/C(C#N)=C\N1CCN(C(c2ccccc2)c2ccccc2)CC1)c1ccc2c(c1)CCCC2. The van der Waals surface area contributed by atoms with Crippen molar-refractivity contribution in [1.82, 2.24) is 15.1 Å². The number of rotatable bonds is 7. The van der Waals surface area contributed by atoms with Crippen molar-refractivity contribution in [3.05, 3.63) is 118 Å². The summed E-state index contributed by atoms with van der Waals surface area (Å²) in [5.41, 5.74) is 6.63. The number of nitrogens with one attached hydrogen (secondary N) is 1. The molecule has 194 valence electrons. The van der Waals surface area contributed by atoms with Crippen molar-refractivity contribution in [3.63, 3.8) is 0 Å². The first-order chi connectivity index (χ1) is 18.6. The number of carbonyl (C=O) groups excluding carboxylic acids is 1. The van der Waals surface area contributed by atoms with Crippen LogP contribution in [0.2, 0.25) is 0 Å². The summed E-state index contributed by atoms with van der Waals surface area (Å²) in [7, 11) is 0. The van der Waals surface area contributed by atoms with E-state index in [0.29, 0.717) is 0 Å². The van der Waals surface area contributed by atoms with Gasteiger partial charge in [0.15, 0.2) is 0 Å². The Labute approximate surface area is 226 Å². The van der Waals surface area contributed by atoms with Crippen LogP contribution in [0, 0.1) is 11.3 Å². The third-order valence-corrected chi connectivity index (χ3v) is 7.84. The van der Waals surface area contributed by atoms with E-state index >= 15 is 0 Å². The number of aryl methyl sites for hydroxylation is 2. The van der Waals surface area contributed by atoms with Crippen molar-refractivity contribution in [1.29, 1.82) is 5.26 Å². The fraction of sp³-hybridized carbons (Fsp3) is 0.333. The zero-order valence-corrected chi connectivity index (χ0v) is 22.1. The first-order valence-electron chi connectivity index (χ1n) is 13.7. The van der Waals surface area contributed by atoms with Crippen molar-refractivity contribution < 1.29 is 4.79 Å². The molecule has 0 aromatic heterocycles. The number of carbonyl (C=O) groups is 1. The van der Waals surface area contributed by atoms with Crippen LogP contribution in [0.5, 0.6) is 0 Å². The molecule has 0 spiro atoms. The monoisotopic (exact) mass is 504 g/mol. The lowest BCUT2D eigenvalue weighted by Crippen LogP contribution is -2.46. The summed E-state index contributed by atoms with van der Waals surface area (Å²) < 4.78 is 0. The largest absolute Gasteiger partial charge is 0.374 e. The van der Waals surface area contributed by atoms with Crippen molar-refractivity contribution in [2.45, 2.75) is 44.7 Å². The molecule has 3 aromatic rings. The van der Waals surface area contributed by atoms with Crippen LogP contribution in [-0.2, 0) is 17.6 Å². The van der Waals surface area contributed by atoms with E-state index in [1.165, 1.54) is 35.1 Å². The number of nitriles is 1. The van der Waals surface area contributed by atoms with Gasteiger partial charge in [0, 0.05) is 32.4 Å². The molecule has 5 heteroatoms. The maximum Gasteiger partial charge on any atom is 0.263 e. The third kappa shape index (κ3) is 5.98. The van der Waals surface area contributed by atoms with Crippen LogP contribution in [0.4, 0.5) is 0 Å². The Morgan fingerprint density at radius 1 is 0.842 bits per heavy atom. The number of piperazine rings is 1. The van der Waals surface area contributed by atoms with E-state index in [2.05, 4.69) is 100 Å². The number of nitrogens with zero attached hydrogens (tertiary/aromatic N) is 3. The fourth-order valence-corrected chi connectivity index (χ4v) is 5.71. The van der Waals surface area contributed by atoms with Gasteiger partial charge in [-0.25, -0.2) is 0 Å². The molecule has 1 fully saturated rings. The molecule has 1 unspecified atom stereocenters. The molecule has 1 aliphatic heterocycles. The second-order valence-electron chi connectivity index (χ2n) is 10.4. The smallest absolute Gasteiger partial charge is 0.263 e. The first kappa shape index (κ1) is 25.8. The average Bonchev–Trinajstić information content (AvgIpc) is 2.97. The van der Waals surface area contributed by atoms with Crippen LogP contribution in [-0.4, -0.2) is 41.9 Å². The third-order valence-electron chi connectivity index (χ3n) is 7.84. The van der Waals surface area contributed by atoms with Crippen LogP contribution < -0.4 is 5.32 Å². The Kier molecular flexibility index (Phi) is 8.21. The van der Waals surface area contributed by atoms with E-state index in [1.54, 1.807) is 6.20 Å². The second kappa shape index (κ2) is 12.1. The summed E-state index contributed by atoms with van der Waals surface area (Å²) in [5.74, 6) is -0.313. The molecule has 0 bridgehead atoms. The van der Waals surface area contributed by atoms with Gasteiger partial charge in [0.2, 0.25) is 0 Å². The van der Waals surface area contributed by atoms with E-state index < -0.39 is 0 Å². The van der Waals surface area contributed by atoms with Gasteiger partial charge in [-0.2, -0.15) is 5.26 Å². The molecular weight excluding hydrogens is 468 g/mol. The summed E-state index contributed by atoms with van der Waals surface area (Å²) >= 11 is 0. The minimum Gasteiger partial charge on any atom is -0.374 e. The highest BCUT2D eigenvalue weighted by Crippen LogP contribution is 2.30. The van der Waals surface area contributed by atoms with Gasteiger partial charge in [-0.3, -0.25) is 9.69 Å². The zero-order chi connectivity index (χ0) is 26.3. The van der Waals surface area contributed by atoms with Gasteiger partial charge in [-0.1, -0.05) is 78.9 Å². The normalized spacial score (nSPS) is 17.0. The maximum atomic E-state index is 13.0. The molecule has 0 saturated carbocycles.